The van der Waals surface area contributed by atoms with Crippen molar-refractivity contribution in [3.63, 3.8) is 0 Å². The van der Waals surface area contributed by atoms with Gasteiger partial charge in [0, 0.05) is 18.9 Å². The zero-order chi connectivity index (χ0) is 7.56. The lowest BCUT2D eigenvalue weighted by atomic mass is 10.0. The van der Waals surface area contributed by atoms with Crippen molar-refractivity contribution in [2.45, 2.75) is 6.42 Å². The molecule has 1 N–H and O–H groups in total. The summed E-state index contributed by atoms with van der Waals surface area (Å²) in [5, 5.41) is 2.58. The molecule has 3 nitrogen and oxygen atoms in total. The smallest absolute Gasteiger partial charge is 0.220 e. The molecule has 1 amide bonds. The summed E-state index contributed by atoms with van der Waals surface area (Å²) in [5.74, 6) is -0.247. The van der Waals surface area contributed by atoms with Gasteiger partial charge in [-0.15, -0.1) is 0 Å². The second-order valence-electron chi connectivity index (χ2n) is 2.31. The van der Waals surface area contributed by atoms with E-state index in [1.54, 1.807) is 0 Å². The number of allylic oxidation sites excluding steroid dienone is 1. The second-order valence-corrected chi connectivity index (χ2v) is 2.31. The lowest BCUT2D eigenvalue weighted by Crippen LogP contribution is -2.16. The summed E-state index contributed by atoms with van der Waals surface area (Å²) in [7, 11) is 0. The van der Waals surface area contributed by atoms with Crippen molar-refractivity contribution in [1.29, 1.82) is 0 Å². The van der Waals surface area contributed by atoms with Gasteiger partial charge in [0.05, 0.1) is 0 Å². The predicted molar refractivity (Wildman–Crippen MR) is 36.3 cm³/mol. The molecule has 1 heterocycles. The predicted octanol–water partition coefficient (Wildman–Crippen LogP) is -0.122. The molecule has 54 valence electrons. The fourth-order valence-corrected chi connectivity index (χ4v) is 0.973. The quantitative estimate of drug-likeness (QED) is 0.542. The van der Waals surface area contributed by atoms with Crippen molar-refractivity contribution in [1.82, 2.24) is 5.32 Å². The number of hydrogen-bond donors (Lipinski definition) is 1. The van der Waals surface area contributed by atoms with Gasteiger partial charge in [-0.25, -0.2) is 0 Å². The standard InChI is InChI=1S/C7H9NO2/c1-2-6(9)5-3-7(10)8-4-5/h2,5H,1,3-4H2,(H,8,10). The average Bonchev–Trinajstić information content (AvgIpc) is 2.34. The first kappa shape index (κ1) is 6.99. The van der Waals surface area contributed by atoms with Crippen molar-refractivity contribution in [3.05, 3.63) is 12.7 Å². The van der Waals surface area contributed by atoms with Crippen LogP contribution in [0.15, 0.2) is 12.7 Å². The summed E-state index contributed by atoms with van der Waals surface area (Å²) in [5.41, 5.74) is 0. The van der Waals surface area contributed by atoms with Crippen LogP contribution in [0.5, 0.6) is 0 Å². The number of carbonyl (C=O) groups is 2. The highest BCUT2D eigenvalue weighted by atomic mass is 16.2. The van der Waals surface area contributed by atoms with E-state index in [4.69, 9.17) is 0 Å². The molecule has 1 aliphatic rings. The fraction of sp³-hybridized carbons (Fsp3) is 0.429. The summed E-state index contributed by atoms with van der Waals surface area (Å²) in [6.07, 6.45) is 1.59. The van der Waals surface area contributed by atoms with Gasteiger partial charge in [-0.3, -0.25) is 9.59 Å². The number of rotatable bonds is 2. The van der Waals surface area contributed by atoms with E-state index >= 15 is 0 Å². The number of amides is 1. The molecule has 1 rings (SSSR count). The van der Waals surface area contributed by atoms with Crippen molar-refractivity contribution >= 4 is 11.7 Å². The molecule has 0 saturated carbocycles. The van der Waals surface area contributed by atoms with Gasteiger partial charge in [0.25, 0.3) is 0 Å². The second kappa shape index (κ2) is 2.64. The van der Waals surface area contributed by atoms with Crippen LogP contribution < -0.4 is 5.32 Å². The highest BCUT2D eigenvalue weighted by molar-refractivity contribution is 5.96. The van der Waals surface area contributed by atoms with Crippen LogP contribution in [0.25, 0.3) is 0 Å². The molecule has 3 heteroatoms. The van der Waals surface area contributed by atoms with Crippen molar-refractivity contribution in [2.75, 3.05) is 6.54 Å². The van der Waals surface area contributed by atoms with E-state index in [9.17, 15) is 9.59 Å². The van der Waals surface area contributed by atoms with E-state index in [-0.39, 0.29) is 17.6 Å². The summed E-state index contributed by atoms with van der Waals surface area (Å²) < 4.78 is 0. The molecule has 10 heavy (non-hydrogen) atoms. The van der Waals surface area contributed by atoms with Crippen LogP contribution in [0.1, 0.15) is 6.42 Å². The molecule has 1 aliphatic heterocycles. The minimum absolute atomic E-state index is 0.0415. The Labute approximate surface area is 59.1 Å². The van der Waals surface area contributed by atoms with Gasteiger partial charge < -0.3 is 5.32 Å². The van der Waals surface area contributed by atoms with Gasteiger partial charge in [-0.05, 0) is 6.08 Å². The third kappa shape index (κ3) is 1.23. The van der Waals surface area contributed by atoms with E-state index in [2.05, 4.69) is 11.9 Å². The molecule has 0 aliphatic carbocycles. The Bertz CT molecular complexity index is 186. The Morgan fingerprint density at radius 2 is 2.50 bits per heavy atom. The molecule has 0 aromatic carbocycles. The molecule has 0 bridgehead atoms. The van der Waals surface area contributed by atoms with Crippen LogP contribution in [-0.4, -0.2) is 18.2 Å². The van der Waals surface area contributed by atoms with Crippen LogP contribution >= 0.6 is 0 Å². The van der Waals surface area contributed by atoms with Crippen LogP contribution in [0, 0.1) is 5.92 Å². The van der Waals surface area contributed by atoms with Crippen LogP contribution in [0.3, 0.4) is 0 Å². The highest BCUT2D eigenvalue weighted by Crippen LogP contribution is 2.09. The van der Waals surface area contributed by atoms with Crippen LogP contribution in [-0.2, 0) is 9.59 Å². The summed E-state index contributed by atoms with van der Waals surface area (Å²) in [6.45, 7) is 3.82. The largest absolute Gasteiger partial charge is 0.355 e. The summed E-state index contributed by atoms with van der Waals surface area (Å²) >= 11 is 0. The van der Waals surface area contributed by atoms with E-state index in [0.717, 1.165) is 0 Å². The minimum atomic E-state index is -0.162. The molecular weight excluding hydrogens is 130 g/mol. The fourth-order valence-electron chi connectivity index (χ4n) is 0.973. The summed E-state index contributed by atoms with van der Waals surface area (Å²) in [6, 6.07) is 0. The molecule has 1 atom stereocenters. The number of nitrogens with one attached hydrogen (secondary N) is 1. The Morgan fingerprint density at radius 1 is 1.80 bits per heavy atom. The number of ketones is 1. The maximum absolute atomic E-state index is 10.8. The molecule has 1 unspecified atom stereocenters. The van der Waals surface area contributed by atoms with Gasteiger partial charge in [-0.2, -0.15) is 0 Å². The van der Waals surface area contributed by atoms with Gasteiger partial charge >= 0.3 is 0 Å². The van der Waals surface area contributed by atoms with Crippen molar-refractivity contribution < 1.29 is 9.59 Å². The van der Waals surface area contributed by atoms with Crippen molar-refractivity contribution in [3.8, 4) is 0 Å². The van der Waals surface area contributed by atoms with Gasteiger partial charge in [0.15, 0.2) is 5.78 Å². The molecule has 0 radical (unpaired) electrons. The normalized spacial score (nSPS) is 24.0. The Morgan fingerprint density at radius 3 is 2.90 bits per heavy atom. The summed E-state index contributed by atoms with van der Waals surface area (Å²) in [4.78, 5) is 21.4. The molecule has 0 spiro atoms. The zero-order valence-corrected chi connectivity index (χ0v) is 5.59. The van der Waals surface area contributed by atoms with Crippen LogP contribution in [0.2, 0.25) is 0 Å². The maximum Gasteiger partial charge on any atom is 0.220 e. The lowest BCUT2D eigenvalue weighted by molar-refractivity contribution is -0.122. The Kier molecular flexibility index (Phi) is 1.85. The van der Waals surface area contributed by atoms with Crippen LogP contribution in [0.4, 0.5) is 0 Å². The maximum atomic E-state index is 10.8. The number of carbonyl (C=O) groups excluding carboxylic acids is 2. The molecule has 1 fully saturated rings. The Balaban J connectivity index is 2.52. The molecular formula is C7H9NO2. The SMILES string of the molecule is C=CC(=O)C1CNC(=O)C1. The molecule has 0 aromatic rings. The first-order valence-corrected chi connectivity index (χ1v) is 3.17. The van der Waals surface area contributed by atoms with E-state index in [1.165, 1.54) is 6.08 Å². The first-order chi connectivity index (χ1) is 4.74. The van der Waals surface area contributed by atoms with Crippen molar-refractivity contribution in [2.24, 2.45) is 5.92 Å². The Hall–Kier alpha value is -1.12. The third-order valence-corrected chi connectivity index (χ3v) is 1.58. The highest BCUT2D eigenvalue weighted by Gasteiger charge is 2.25. The van der Waals surface area contributed by atoms with E-state index in [1.807, 2.05) is 0 Å². The first-order valence-electron chi connectivity index (χ1n) is 3.17. The topological polar surface area (TPSA) is 46.2 Å². The molecule has 1 saturated heterocycles. The monoisotopic (exact) mass is 139 g/mol. The van der Waals surface area contributed by atoms with Gasteiger partial charge in [0.2, 0.25) is 5.91 Å². The number of hydrogen-bond acceptors (Lipinski definition) is 2. The zero-order valence-electron chi connectivity index (χ0n) is 5.59. The van der Waals surface area contributed by atoms with Gasteiger partial charge in [-0.1, -0.05) is 6.58 Å². The van der Waals surface area contributed by atoms with E-state index in [0.29, 0.717) is 13.0 Å². The third-order valence-electron chi connectivity index (χ3n) is 1.58. The average molecular weight is 139 g/mol. The van der Waals surface area contributed by atoms with Gasteiger partial charge in [0.1, 0.15) is 0 Å². The minimum Gasteiger partial charge on any atom is -0.355 e. The molecule has 0 aromatic heterocycles. The van der Waals surface area contributed by atoms with E-state index < -0.39 is 0 Å². The lowest BCUT2D eigenvalue weighted by Gasteiger charge is -1.98.